The fourth-order valence-electron chi connectivity index (χ4n) is 0.0781. The highest BCUT2D eigenvalue weighted by Gasteiger charge is 2.10. The molecule has 0 unspecified atom stereocenters. The van der Waals surface area contributed by atoms with Gasteiger partial charge in [0.2, 0.25) is 0 Å². The van der Waals surface area contributed by atoms with Crippen LogP contribution in [0.4, 0.5) is 0 Å². The second kappa shape index (κ2) is 2.87. The van der Waals surface area contributed by atoms with Crippen molar-refractivity contribution in [3.63, 3.8) is 0 Å². The third kappa shape index (κ3) is 2.47. The van der Waals surface area contributed by atoms with Crippen LogP contribution < -0.4 is 5.73 Å². The lowest BCUT2D eigenvalue weighted by Gasteiger charge is -1.92. The first-order chi connectivity index (χ1) is 3.18. The Balaban J connectivity index is 3.34. The highest BCUT2D eigenvalue weighted by Crippen LogP contribution is 1.77. The Bertz CT molecular complexity index is 75.3. The smallest absolute Gasteiger partial charge is 0.363 e. The molecule has 0 fully saturated rings. The van der Waals surface area contributed by atoms with Gasteiger partial charge in [0.15, 0.2) is 6.04 Å². The molecule has 3 nitrogen and oxygen atoms in total. The van der Waals surface area contributed by atoms with Gasteiger partial charge < -0.3 is 10.8 Å². The number of carboxylic acid groups (broad SMARTS) is 1. The topological polar surface area (TPSA) is 64.9 Å². The number of aliphatic carboxylic acids is 1. The Morgan fingerprint density at radius 3 is 2.43 bits per heavy atom. The number of thiol groups is 1. The number of hydrogen-bond donors (Lipinski definition) is 3. The van der Waals surface area contributed by atoms with E-state index in [2.05, 4.69) is 18.4 Å². The minimum absolute atomic E-state index is 0.301. The SMILES string of the molecule is [NH3+][C@@H](CS)C(=O)O. The molecule has 0 saturated heterocycles. The Labute approximate surface area is 46.9 Å². The van der Waals surface area contributed by atoms with Gasteiger partial charge in [-0.3, -0.25) is 0 Å². The van der Waals surface area contributed by atoms with Crippen LogP contribution in [0.25, 0.3) is 0 Å². The molecule has 0 radical (unpaired) electrons. The lowest BCUT2D eigenvalue weighted by atomic mass is 10.4. The second-order valence-corrected chi connectivity index (χ2v) is 1.58. The Morgan fingerprint density at radius 2 is 2.43 bits per heavy atom. The standard InChI is InChI=1S/C3H7NO2S/c4-2(1-7)3(5)6/h2,7H,1,4H2,(H,5,6)/p+1/t2-/m0/s1. The fraction of sp³-hybridized carbons (Fsp3) is 0.667. The summed E-state index contributed by atoms with van der Waals surface area (Å²) in [7, 11) is 0. The van der Waals surface area contributed by atoms with Gasteiger partial charge in [0, 0.05) is 0 Å². The zero-order chi connectivity index (χ0) is 5.86. The van der Waals surface area contributed by atoms with Crippen molar-refractivity contribution in [2.45, 2.75) is 6.04 Å². The van der Waals surface area contributed by atoms with Crippen molar-refractivity contribution in [1.29, 1.82) is 0 Å². The van der Waals surface area contributed by atoms with E-state index in [1.807, 2.05) is 0 Å². The fourth-order valence-corrected chi connectivity index (χ4v) is 0.234. The first-order valence-corrected chi connectivity index (χ1v) is 2.48. The monoisotopic (exact) mass is 122 g/mol. The highest BCUT2D eigenvalue weighted by molar-refractivity contribution is 7.80. The number of quaternary nitrogens is 1. The number of rotatable bonds is 2. The molecule has 4 N–H and O–H groups in total. The van der Waals surface area contributed by atoms with Crippen LogP contribution in [0.1, 0.15) is 0 Å². The van der Waals surface area contributed by atoms with Gasteiger partial charge >= 0.3 is 5.97 Å². The lowest BCUT2D eigenvalue weighted by Crippen LogP contribution is -2.66. The summed E-state index contributed by atoms with van der Waals surface area (Å²) in [5.74, 6) is -0.593. The predicted octanol–water partition coefficient (Wildman–Crippen LogP) is -1.39. The van der Waals surface area contributed by atoms with Gasteiger partial charge in [-0.25, -0.2) is 4.79 Å². The first kappa shape index (κ1) is 6.78. The van der Waals surface area contributed by atoms with E-state index < -0.39 is 12.0 Å². The van der Waals surface area contributed by atoms with E-state index in [4.69, 9.17) is 5.11 Å². The molecule has 1 atom stereocenters. The molecule has 0 aromatic heterocycles. The minimum atomic E-state index is -0.894. The van der Waals surface area contributed by atoms with Gasteiger partial charge in [-0.15, -0.1) is 0 Å². The van der Waals surface area contributed by atoms with Crippen molar-refractivity contribution in [2.24, 2.45) is 0 Å². The van der Waals surface area contributed by atoms with E-state index in [-0.39, 0.29) is 0 Å². The summed E-state index contributed by atoms with van der Waals surface area (Å²) in [6.45, 7) is 0. The van der Waals surface area contributed by atoms with Crippen LogP contribution in [0, 0.1) is 0 Å². The molecular weight excluding hydrogens is 114 g/mol. The third-order valence-corrected chi connectivity index (χ3v) is 1.01. The Hall–Kier alpha value is -0.220. The van der Waals surface area contributed by atoms with Gasteiger partial charge in [0.05, 0.1) is 5.75 Å². The van der Waals surface area contributed by atoms with E-state index in [0.717, 1.165) is 0 Å². The first-order valence-electron chi connectivity index (χ1n) is 1.85. The Morgan fingerprint density at radius 1 is 2.00 bits per heavy atom. The zero-order valence-corrected chi connectivity index (χ0v) is 4.69. The highest BCUT2D eigenvalue weighted by atomic mass is 32.1. The molecule has 0 saturated carbocycles. The molecule has 0 bridgehead atoms. The van der Waals surface area contributed by atoms with E-state index in [1.165, 1.54) is 0 Å². The average molecular weight is 122 g/mol. The normalized spacial score (nSPS) is 13.4. The van der Waals surface area contributed by atoms with Crippen molar-refractivity contribution in [3.05, 3.63) is 0 Å². The minimum Gasteiger partial charge on any atom is -0.477 e. The van der Waals surface area contributed by atoms with Gasteiger partial charge in [-0.05, 0) is 0 Å². The van der Waals surface area contributed by atoms with Gasteiger partial charge in [-0.2, -0.15) is 12.6 Å². The van der Waals surface area contributed by atoms with Gasteiger partial charge in [0.25, 0.3) is 0 Å². The van der Waals surface area contributed by atoms with Crippen LogP contribution in [-0.4, -0.2) is 22.9 Å². The molecule has 42 valence electrons. The van der Waals surface area contributed by atoms with Crippen molar-refractivity contribution >= 4 is 18.6 Å². The molecule has 0 rings (SSSR count). The second-order valence-electron chi connectivity index (χ2n) is 1.22. The molecule has 0 aromatic rings. The van der Waals surface area contributed by atoms with Crippen LogP contribution in [-0.2, 0) is 4.79 Å². The molecule has 0 aliphatic carbocycles. The molecule has 0 aliphatic heterocycles. The summed E-state index contributed by atoms with van der Waals surface area (Å²) < 4.78 is 0. The molecular formula is C3H8NO2S+. The van der Waals surface area contributed by atoms with Gasteiger partial charge in [0.1, 0.15) is 0 Å². The van der Waals surface area contributed by atoms with Crippen LogP contribution >= 0.6 is 12.6 Å². The van der Waals surface area contributed by atoms with E-state index in [9.17, 15) is 4.79 Å². The number of carbonyl (C=O) groups is 1. The Kier molecular flexibility index (Phi) is 2.78. The average Bonchev–Trinajstić information content (AvgIpc) is 1.65. The zero-order valence-electron chi connectivity index (χ0n) is 3.79. The maximum Gasteiger partial charge on any atom is 0.363 e. The quantitative estimate of drug-likeness (QED) is 0.395. The molecule has 0 aliphatic rings. The maximum atomic E-state index is 9.82. The van der Waals surface area contributed by atoms with Crippen LogP contribution in [0.3, 0.4) is 0 Å². The van der Waals surface area contributed by atoms with Crippen molar-refractivity contribution in [3.8, 4) is 0 Å². The van der Waals surface area contributed by atoms with Crippen LogP contribution in [0.2, 0.25) is 0 Å². The summed E-state index contributed by atoms with van der Waals surface area (Å²) >= 11 is 3.71. The summed E-state index contributed by atoms with van der Waals surface area (Å²) in [5, 5.41) is 8.07. The van der Waals surface area contributed by atoms with Crippen LogP contribution in [0.15, 0.2) is 0 Å². The lowest BCUT2D eigenvalue weighted by molar-refractivity contribution is -0.400. The van der Waals surface area contributed by atoms with E-state index >= 15 is 0 Å². The number of hydrogen-bond acceptors (Lipinski definition) is 2. The maximum absolute atomic E-state index is 9.82. The van der Waals surface area contributed by atoms with E-state index in [1.54, 1.807) is 0 Å². The molecule has 4 heteroatoms. The summed E-state index contributed by atoms with van der Waals surface area (Å²) in [6, 6.07) is -0.566. The number of carboxylic acids is 1. The third-order valence-electron chi connectivity index (χ3n) is 0.570. The molecule has 7 heavy (non-hydrogen) atoms. The van der Waals surface area contributed by atoms with Crippen molar-refractivity contribution in [2.75, 3.05) is 5.75 Å². The summed E-state index contributed by atoms with van der Waals surface area (Å²) in [6.07, 6.45) is 0. The van der Waals surface area contributed by atoms with Gasteiger partial charge in [-0.1, -0.05) is 0 Å². The molecule has 0 heterocycles. The summed E-state index contributed by atoms with van der Waals surface area (Å²) in [4.78, 5) is 9.82. The molecule has 0 aromatic carbocycles. The summed E-state index contributed by atoms with van der Waals surface area (Å²) in [5.41, 5.74) is 3.28. The van der Waals surface area contributed by atoms with Crippen molar-refractivity contribution in [1.82, 2.24) is 0 Å². The van der Waals surface area contributed by atoms with E-state index in [0.29, 0.717) is 5.75 Å². The molecule has 0 amide bonds. The largest absolute Gasteiger partial charge is 0.477 e. The van der Waals surface area contributed by atoms with Crippen LogP contribution in [0.5, 0.6) is 0 Å². The predicted molar refractivity (Wildman–Crippen MR) is 28.2 cm³/mol. The molecule has 0 spiro atoms. The van der Waals surface area contributed by atoms with Crippen molar-refractivity contribution < 1.29 is 15.6 Å².